The molecule has 6 nitrogen and oxygen atoms in total. The van der Waals surface area contributed by atoms with Crippen molar-refractivity contribution in [3.05, 3.63) is 58.3 Å². The lowest BCUT2D eigenvalue weighted by molar-refractivity contribution is 0.102. The normalized spacial score (nSPS) is 10.7. The van der Waals surface area contributed by atoms with E-state index in [2.05, 4.69) is 15.3 Å². The van der Waals surface area contributed by atoms with E-state index in [4.69, 9.17) is 4.42 Å². The lowest BCUT2D eigenvalue weighted by Crippen LogP contribution is -2.20. The zero-order valence-corrected chi connectivity index (χ0v) is 10.6. The number of oxazole rings is 1. The topological polar surface area (TPSA) is 88.0 Å². The van der Waals surface area contributed by atoms with Crippen molar-refractivity contribution in [1.29, 1.82) is 0 Å². The van der Waals surface area contributed by atoms with Crippen molar-refractivity contribution in [2.75, 3.05) is 5.32 Å². The quantitative estimate of drug-likeness (QED) is 0.745. The van der Waals surface area contributed by atoms with Crippen LogP contribution in [0.2, 0.25) is 0 Å². The van der Waals surface area contributed by atoms with Gasteiger partial charge in [-0.05, 0) is 18.2 Å². The second-order valence-corrected chi connectivity index (χ2v) is 4.29. The maximum Gasteiger partial charge on any atom is 0.261 e. The predicted molar refractivity (Wildman–Crippen MR) is 73.8 cm³/mol. The number of amides is 1. The second kappa shape index (κ2) is 4.65. The van der Waals surface area contributed by atoms with E-state index in [0.717, 1.165) is 0 Å². The summed E-state index contributed by atoms with van der Waals surface area (Å²) in [6.07, 6.45) is 2.85. The molecule has 0 saturated carbocycles. The van der Waals surface area contributed by atoms with Crippen LogP contribution in [0.1, 0.15) is 16.2 Å². The fourth-order valence-corrected chi connectivity index (χ4v) is 1.91. The Morgan fingerprint density at radius 2 is 2.20 bits per heavy atom. The Morgan fingerprint density at radius 1 is 1.35 bits per heavy atom. The SMILES string of the molecule is Cc1nc2cc(NC(=O)c3c[nH]ccc3=O)ccc2o1. The average Bonchev–Trinajstić information content (AvgIpc) is 2.78. The van der Waals surface area contributed by atoms with E-state index in [9.17, 15) is 9.59 Å². The zero-order valence-electron chi connectivity index (χ0n) is 10.6. The molecule has 0 bridgehead atoms. The molecule has 1 aromatic carbocycles. The van der Waals surface area contributed by atoms with Crippen molar-refractivity contribution < 1.29 is 9.21 Å². The minimum Gasteiger partial charge on any atom is -0.441 e. The molecule has 0 aliphatic rings. The first kappa shape index (κ1) is 12.2. The summed E-state index contributed by atoms with van der Waals surface area (Å²) in [5.74, 6) is 0.0920. The molecule has 2 aromatic heterocycles. The van der Waals surface area contributed by atoms with Gasteiger partial charge in [0, 0.05) is 31.1 Å². The van der Waals surface area contributed by atoms with E-state index in [0.29, 0.717) is 22.7 Å². The number of carbonyl (C=O) groups is 1. The van der Waals surface area contributed by atoms with E-state index in [1.54, 1.807) is 25.1 Å². The number of aryl methyl sites for hydroxylation is 1. The Morgan fingerprint density at radius 3 is 3.00 bits per heavy atom. The number of rotatable bonds is 2. The predicted octanol–water partition coefficient (Wildman–Crippen LogP) is 2.08. The highest BCUT2D eigenvalue weighted by Gasteiger charge is 2.11. The third-order valence-corrected chi connectivity index (χ3v) is 2.82. The first-order valence-electron chi connectivity index (χ1n) is 5.99. The number of hydrogen-bond acceptors (Lipinski definition) is 4. The highest BCUT2D eigenvalue weighted by atomic mass is 16.3. The van der Waals surface area contributed by atoms with Crippen LogP contribution in [0, 0.1) is 6.92 Å². The zero-order chi connectivity index (χ0) is 14.1. The van der Waals surface area contributed by atoms with Crippen molar-refractivity contribution in [3.63, 3.8) is 0 Å². The van der Waals surface area contributed by atoms with Crippen molar-refractivity contribution in [2.24, 2.45) is 0 Å². The van der Waals surface area contributed by atoms with Gasteiger partial charge in [0.25, 0.3) is 5.91 Å². The van der Waals surface area contributed by atoms with E-state index >= 15 is 0 Å². The van der Waals surface area contributed by atoms with Gasteiger partial charge in [0.1, 0.15) is 11.1 Å². The molecule has 3 aromatic rings. The minimum atomic E-state index is -0.466. The van der Waals surface area contributed by atoms with Crippen LogP contribution < -0.4 is 10.7 Å². The molecule has 100 valence electrons. The Kier molecular flexibility index (Phi) is 2.83. The summed E-state index contributed by atoms with van der Waals surface area (Å²) in [6.45, 7) is 1.75. The molecular weight excluding hydrogens is 258 g/mol. The molecule has 0 fully saturated rings. The lowest BCUT2D eigenvalue weighted by atomic mass is 10.2. The van der Waals surface area contributed by atoms with Gasteiger partial charge in [-0.1, -0.05) is 0 Å². The Balaban J connectivity index is 1.91. The van der Waals surface area contributed by atoms with Gasteiger partial charge in [-0.2, -0.15) is 0 Å². The molecule has 3 rings (SSSR count). The van der Waals surface area contributed by atoms with Crippen LogP contribution in [-0.4, -0.2) is 15.9 Å². The summed E-state index contributed by atoms with van der Waals surface area (Å²) in [4.78, 5) is 30.5. The number of nitrogens with zero attached hydrogens (tertiary/aromatic N) is 1. The van der Waals surface area contributed by atoms with Gasteiger partial charge in [0.2, 0.25) is 0 Å². The van der Waals surface area contributed by atoms with Crippen LogP contribution in [0.3, 0.4) is 0 Å². The van der Waals surface area contributed by atoms with E-state index < -0.39 is 5.91 Å². The van der Waals surface area contributed by atoms with Crippen molar-refractivity contribution in [3.8, 4) is 0 Å². The van der Waals surface area contributed by atoms with Crippen LogP contribution in [0.5, 0.6) is 0 Å². The molecule has 0 atom stereocenters. The molecule has 0 unspecified atom stereocenters. The fraction of sp³-hybridized carbons (Fsp3) is 0.0714. The largest absolute Gasteiger partial charge is 0.441 e. The molecule has 0 spiro atoms. The van der Waals surface area contributed by atoms with Gasteiger partial charge in [0.15, 0.2) is 16.9 Å². The summed E-state index contributed by atoms with van der Waals surface area (Å²) >= 11 is 0. The number of nitrogens with one attached hydrogen (secondary N) is 2. The highest BCUT2D eigenvalue weighted by Crippen LogP contribution is 2.19. The van der Waals surface area contributed by atoms with Crippen LogP contribution in [-0.2, 0) is 0 Å². The van der Waals surface area contributed by atoms with Crippen LogP contribution in [0.15, 0.2) is 45.9 Å². The second-order valence-electron chi connectivity index (χ2n) is 4.29. The number of aromatic amines is 1. The van der Waals surface area contributed by atoms with Crippen molar-refractivity contribution in [1.82, 2.24) is 9.97 Å². The first-order chi connectivity index (χ1) is 9.63. The number of pyridine rings is 1. The summed E-state index contributed by atoms with van der Waals surface area (Å²) in [6, 6.07) is 6.42. The number of anilines is 1. The maximum atomic E-state index is 12.0. The first-order valence-corrected chi connectivity index (χ1v) is 5.99. The smallest absolute Gasteiger partial charge is 0.261 e. The Hall–Kier alpha value is -2.89. The average molecular weight is 269 g/mol. The maximum absolute atomic E-state index is 12.0. The lowest BCUT2D eigenvalue weighted by Gasteiger charge is -2.03. The summed E-state index contributed by atoms with van der Waals surface area (Å²) in [7, 11) is 0. The molecule has 2 heterocycles. The third-order valence-electron chi connectivity index (χ3n) is 2.82. The fourth-order valence-electron chi connectivity index (χ4n) is 1.91. The van der Waals surface area contributed by atoms with Gasteiger partial charge in [-0.3, -0.25) is 9.59 Å². The summed E-state index contributed by atoms with van der Waals surface area (Å²) in [5.41, 5.74) is 1.59. The van der Waals surface area contributed by atoms with E-state index in [1.165, 1.54) is 18.5 Å². The third kappa shape index (κ3) is 2.18. The van der Waals surface area contributed by atoms with Crippen molar-refractivity contribution >= 4 is 22.7 Å². The van der Waals surface area contributed by atoms with Gasteiger partial charge in [-0.15, -0.1) is 0 Å². The number of carbonyl (C=O) groups excluding carboxylic acids is 1. The molecule has 0 aliphatic carbocycles. The van der Waals surface area contributed by atoms with Crippen LogP contribution in [0.25, 0.3) is 11.1 Å². The Labute approximate surface area is 113 Å². The van der Waals surface area contributed by atoms with Gasteiger partial charge >= 0.3 is 0 Å². The minimum absolute atomic E-state index is 0.0592. The summed E-state index contributed by atoms with van der Waals surface area (Å²) in [5, 5.41) is 2.66. The number of benzene rings is 1. The standard InChI is InChI=1S/C14H11N3O3/c1-8-16-11-6-9(2-3-13(11)20-8)17-14(19)10-7-15-5-4-12(10)18/h2-7H,1H3,(H,15,18)(H,17,19). The molecule has 0 saturated heterocycles. The molecule has 20 heavy (non-hydrogen) atoms. The molecule has 6 heteroatoms. The molecule has 1 amide bonds. The van der Waals surface area contributed by atoms with Crippen LogP contribution >= 0.6 is 0 Å². The monoisotopic (exact) mass is 269 g/mol. The van der Waals surface area contributed by atoms with Gasteiger partial charge in [-0.25, -0.2) is 4.98 Å². The van der Waals surface area contributed by atoms with Gasteiger partial charge < -0.3 is 14.7 Å². The number of hydrogen-bond donors (Lipinski definition) is 2. The number of H-pyrrole nitrogens is 1. The number of aromatic nitrogens is 2. The van der Waals surface area contributed by atoms with E-state index in [-0.39, 0.29) is 11.0 Å². The van der Waals surface area contributed by atoms with Gasteiger partial charge in [0.05, 0.1) is 0 Å². The van der Waals surface area contributed by atoms with Crippen LogP contribution in [0.4, 0.5) is 5.69 Å². The number of fused-ring (bicyclic) bond motifs is 1. The van der Waals surface area contributed by atoms with E-state index in [1.807, 2.05) is 0 Å². The molecule has 2 N–H and O–H groups in total. The molecule has 0 radical (unpaired) electrons. The Bertz CT molecular complexity index is 848. The van der Waals surface area contributed by atoms with Crippen molar-refractivity contribution in [2.45, 2.75) is 6.92 Å². The molecule has 0 aliphatic heterocycles. The summed E-state index contributed by atoms with van der Waals surface area (Å²) < 4.78 is 5.35. The molecular formula is C14H11N3O3. The highest BCUT2D eigenvalue weighted by molar-refractivity contribution is 6.04.